The molecule has 4 rings (SSSR count). The highest BCUT2D eigenvalue weighted by Crippen LogP contribution is 2.41. The van der Waals surface area contributed by atoms with Crippen molar-refractivity contribution in [2.24, 2.45) is 0 Å². The van der Waals surface area contributed by atoms with Gasteiger partial charge < -0.3 is 19.2 Å². The third-order valence-corrected chi connectivity index (χ3v) is 5.69. The molecule has 3 aromatic carbocycles. The minimum atomic E-state index is -0.165. The minimum Gasteiger partial charge on any atom is -0.496 e. The summed E-state index contributed by atoms with van der Waals surface area (Å²) in [5, 5.41) is 6.18. The van der Waals surface area contributed by atoms with Crippen LogP contribution in [0.2, 0.25) is 0 Å². The molecule has 1 heterocycles. The standard InChI is InChI=1S/C27H27NO4/c1-17(13-25(29)28-11-12-30-3)22-15-23-24(16-32-27(23)18(2)26(22)31-4)21-10-9-19-7-5-6-8-20(19)14-21/h5-10,13-16H,11-12H2,1-4H3,(H,28,29)/b17-13+. The monoisotopic (exact) mass is 429 g/mol. The molecule has 5 heteroatoms. The number of methoxy groups -OCH3 is 2. The van der Waals surface area contributed by atoms with Crippen LogP contribution in [-0.4, -0.2) is 33.3 Å². The molecule has 0 saturated carbocycles. The Hall–Kier alpha value is -3.57. The summed E-state index contributed by atoms with van der Waals surface area (Å²) in [6.45, 7) is 4.82. The van der Waals surface area contributed by atoms with Crippen LogP contribution in [0.15, 0.2) is 65.3 Å². The van der Waals surface area contributed by atoms with Crippen molar-refractivity contribution in [1.29, 1.82) is 0 Å². The van der Waals surface area contributed by atoms with Gasteiger partial charge in [-0.2, -0.15) is 0 Å². The minimum absolute atomic E-state index is 0.165. The summed E-state index contributed by atoms with van der Waals surface area (Å²) in [7, 11) is 3.24. The van der Waals surface area contributed by atoms with Crippen molar-refractivity contribution < 1.29 is 18.7 Å². The zero-order valence-corrected chi connectivity index (χ0v) is 18.8. The highest BCUT2D eigenvalue weighted by Gasteiger charge is 2.19. The van der Waals surface area contributed by atoms with Crippen LogP contribution >= 0.6 is 0 Å². The van der Waals surface area contributed by atoms with Gasteiger partial charge in [0.1, 0.15) is 11.3 Å². The zero-order chi connectivity index (χ0) is 22.7. The first kappa shape index (κ1) is 21.7. The molecule has 0 atom stereocenters. The van der Waals surface area contributed by atoms with Crippen LogP contribution < -0.4 is 10.1 Å². The van der Waals surface area contributed by atoms with Crippen molar-refractivity contribution in [2.45, 2.75) is 13.8 Å². The first-order chi connectivity index (χ1) is 15.5. The van der Waals surface area contributed by atoms with Gasteiger partial charge in [0.25, 0.3) is 0 Å². The van der Waals surface area contributed by atoms with Crippen molar-refractivity contribution in [2.75, 3.05) is 27.4 Å². The number of aryl methyl sites for hydroxylation is 1. The predicted octanol–water partition coefficient (Wildman–Crippen LogP) is 5.74. The molecule has 0 fully saturated rings. The fraction of sp³-hybridized carbons (Fsp3) is 0.222. The molecule has 0 unspecified atom stereocenters. The Morgan fingerprint density at radius 2 is 1.88 bits per heavy atom. The Morgan fingerprint density at radius 1 is 1.09 bits per heavy atom. The molecule has 0 saturated heterocycles. The summed E-state index contributed by atoms with van der Waals surface area (Å²) in [6, 6.07) is 16.7. The average molecular weight is 430 g/mol. The van der Waals surface area contributed by atoms with E-state index in [2.05, 4.69) is 35.6 Å². The van der Waals surface area contributed by atoms with Crippen LogP contribution in [0.4, 0.5) is 0 Å². The summed E-state index contributed by atoms with van der Waals surface area (Å²) >= 11 is 0. The zero-order valence-electron chi connectivity index (χ0n) is 18.8. The van der Waals surface area contributed by atoms with Crippen LogP contribution in [-0.2, 0) is 9.53 Å². The molecule has 0 aliphatic heterocycles. The maximum absolute atomic E-state index is 12.3. The average Bonchev–Trinajstić information content (AvgIpc) is 3.23. The van der Waals surface area contributed by atoms with Crippen molar-refractivity contribution in [3.63, 3.8) is 0 Å². The van der Waals surface area contributed by atoms with Crippen molar-refractivity contribution in [1.82, 2.24) is 5.32 Å². The molecule has 0 spiro atoms. The van der Waals surface area contributed by atoms with Gasteiger partial charge in [-0.05, 0) is 47.9 Å². The normalized spacial score (nSPS) is 11.8. The Balaban J connectivity index is 1.81. The van der Waals surface area contributed by atoms with Gasteiger partial charge in [0.15, 0.2) is 0 Å². The van der Waals surface area contributed by atoms with Gasteiger partial charge >= 0.3 is 0 Å². The van der Waals surface area contributed by atoms with E-state index < -0.39 is 0 Å². The lowest BCUT2D eigenvalue weighted by atomic mass is 9.95. The fourth-order valence-electron chi connectivity index (χ4n) is 4.05. The van der Waals surface area contributed by atoms with Crippen LogP contribution in [0.25, 0.3) is 38.4 Å². The van der Waals surface area contributed by atoms with Gasteiger partial charge in [-0.15, -0.1) is 0 Å². The molecule has 0 radical (unpaired) electrons. The molecule has 0 bridgehead atoms. The van der Waals surface area contributed by atoms with E-state index in [4.69, 9.17) is 13.9 Å². The predicted molar refractivity (Wildman–Crippen MR) is 129 cm³/mol. The van der Waals surface area contributed by atoms with E-state index in [9.17, 15) is 4.79 Å². The van der Waals surface area contributed by atoms with Crippen LogP contribution in [0.5, 0.6) is 5.75 Å². The fourth-order valence-corrected chi connectivity index (χ4v) is 4.05. The molecule has 1 N–H and O–H groups in total. The number of benzene rings is 3. The lowest BCUT2D eigenvalue weighted by molar-refractivity contribution is -0.116. The SMILES string of the molecule is COCCNC(=O)/C=C(\C)c1cc2c(-c3ccc4ccccc4c3)coc2c(C)c1OC. The maximum atomic E-state index is 12.3. The van der Waals surface area contributed by atoms with E-state index in [-0.39, 0.29) is 5.91 Å². The van der Waals surface area contributed by atoms with Gasteiger partial charge in [-0.1, -0.05) is 36.4 Å². The van der Waals surface area contributed by atoms with E-state index in [0.29, 0.717) is 18.9 Å². The molecule has 5 nitrogen and oxygen atoms in total. The number of hydrogen-bond donors (Lipinski definition) is 1. The third kappa shape index (κ3) is 4.12. The van der Waals surface area contributed by atoms with Crippen LogP contribution in [0.3, 0.4) is 0 Å². The van der Waals surface area contributed by atoms with E-state index in [1.54, 1.807) is 26.6 Å². The number of hydrogen-bond acceptors (Lipinski definition) is 4. The van der Waals surface area contributed by atoms with E-state index >= 15 is 0 Å². The Kier molecular flexibility index (Phi) is 6.28. The van der Waals surface area contributed by atoms with Gasteiger partial charge in [0, 0.05) is 41.8 Å². The van der Waals surface area contributed by atoms with Gasteiger partial charge in [-0.25, -0.2) is 0 Å². The van der Waals surface area contributed by atoms with Crippen LogP contribution in [0, 0.1) is 6.92 Å². The van der Waals surface area contributed by atoms with Crippen LogP contribution in [0.1, 0.15) is 18.1 Å². The molecule has 1 amide bonds. The lowest BCUT2D eigenvalue weighted by Gasteiger charge is -2.13. The number of amides is 1. The summed E-state index contributed by atoms with van der Waals surface area (Å²) in [4.78, 5) is 12.3. The molecular weight excluding hydrogens is 402 g/mol. The number of nitrogens with one attached hydrogen (secondary N) is 1. The number of furan rings is 1. The molecule has 164 valence electrons. The number of ether oxygens (including phenoxy) is 2. The van der Waals surface area contributed by atoms with E-state index in [1.807, 2.05) is 32.0 Å². The maximum Gasteiger partial charge on any atom is 0.244 e. The number of rotatable bonds is 7. The second-order valence-corrected chi connectivity index (χ2v) is 7.78. The Morgan fingerprint density at radius 3 is 2.62 bits per heavy atom. The molecule has 1 aromatic heterocycles. The molecule has 4 aromatic rings. The van der Waals surface area contributed by atoms with Gasteiger partial charge in [0.05, 0.1) is 20.0 Å². The Bertz CT molecular complexity index is 1320. The Labute approximate surface area is 187 Å². The first-order valence-electron chi connectivity index (χ1n) is 10.6. The van der Waals surface area contributed by atoms with E-state index in [0.717, 1.165) is 38.8 Å². The topological polar surface area (TPSA) is 60.7 Å². The summed E-state index contributed by atoms with van der Waals surface area (Å²) in [5.41, 5.74) is 5.45. The second kappa shape index (κ2) is 9.28. The smallest absolute Gasteiger partial charge is 0.244 e. The van der Waals surface area contributed by atoms with Crippen molar-refractivity contribution in [3.8, 4) is 16.9 Å². The number of fused-ring (bicyclic) bond motifs is 2. The van der Waals surface area contributed by atoms with Crippen molar-refractivity contribution in [3.05, 3.63) is 72.0 Å². The number of carbonyl (C=O) groups is 1. The first-order valence-corrected chi connectivity index (χ1v) is 10.6. The highest BCUT2D eigenvalue weighted by molar-refractivity contribution is 6.02. The molecule has 0 aliphatic carbocycles. The van der Waals surface area contributed by atoms with E-state index in [1.165, 1.54) is 10.8 Å². The summed E-state index contributed by atoms with van der Waals surface area (Å²) < 4.78 is 16.7. The summed E-state index contributed by atoms with van der Waals surface area (Å²) in [6.07, 6.45) is 3.38. The highest BCUT2D eigenvalue weighted by atomic mass is 16.5. The third-order valence-electron chi connectivity index (χ3n) is 5.69. The number of allylic oxidation sites excluding steroid dienone is 1. The number of carbonyl (C=O) groups excluding carboxylic acids is 1. The largest absolute Gasteiger partial charge is 0.496 e. The summed E-state index contributed by atoms with van der Waals surface area (Å²) in [5.74, 6) is 0.539. The van der Waals surface area contributed by atoms with Gasteiger partial charge in [0.2, 0.25) is 5.91 Å². The van der Waals surface area contributed by atoms with Crippen molar-refractivity contribution >= 4 is 33.2 Å². The quantitative estimate of drug-likeness (QED) is 0.301. The molecule has 32 heavy (non-hydrogen) atoms. The lowest BCUT2D eigenvalue weighted by Crippen LogP contribution is -2.25. The molecular formula is C27H27NO4. The molecule has 0 aliphatic rings. The van der Waals surface area contributed by atoms with Gasteiger partial charge in [-0.3, -0.25) is 4.79 Å². The second-order valence-electron chi connectivity index (χ2n) is 7.78.